The second kappa shape index (κ2) is 11.2. The Balaban J connectivity index is 2.33. The molecule has 4 N–H and O–H groups in total. The minimum Gasteiger partial charge on any atom is -0.479 e. The van der Waals surface area contributed by atoms with Gasteiger partial charge in [0.15, 0.2) is 0 Å². The minimum atomic E-state index is -3.55. The molecule has 156 valence electrons. The van der Waals surface area contributed by atoms with Crippen LogP contribution in [0.4, 0.5) is 0 Å². The summed E-state index contributed by atoms with van der Waals surface area (Å²) >= 11 is 11.8. The number of aliphatic hydroxyl groups is 1. The van der Waals surface area contributed by atoms with Crippen molar-refractivity contribution in [1.29, 1.82) is 0 Å². The Bertz CT molecular complexity index is 693. The van der Waals surface area contributed by atoms with Gasteiger partial charge in [-0.2, -0.15) is 0 Å². The van der Waals surface area contributed by atoms with Crippen LogP contribution in [0.15, 0.2) is 18.2 Å². The van der Waals surface area contributed by atoms with E-state index in [0.717, 1.165) is 31.2 Å². The number of rotatable bonds is 13. The smallest absolute Gasteiger partial charge is 0.351 e. The zero-order chi connectivity index (χ0) is 21.3. The van der Waals surface area contributed by atoms with Gasteiger partial charge in [-0.1, -0.05) is 48.5 Å². The third-order valence-corrected chi connectivity index (χ3v) is 4.87. The SMILES string of the molecule is O=C(O)C(OCCCCCCCc1ccc(Cl)c(Cl)c1)C(O)(C(=O)O)C(=O)O. The maximum Gasteiger partial charge on any atom is 0.351 e. The Kier molecular flexibility index (Phi) is 9.68. The van der Waals surface area contributed by atoms with E-state index >= 15 is 0 Å². The molecule has 0 bridgehead atoms. The fraction of sp³-hybridized carbons (Fsp3) is 0.500. The lowest BCUT2D eigenvalue weighted by Crippen LogP contribution is -2.60. The molecule has 1 rings (SSSR count). The van der Waals surface area contributed by atoms with Gasteiger partial charge in [0, 0.05) is 6.61 Å². The second-order valence-electron chi connectivity index (χ2n) is 6.23. The third-order valence-electron chi connectivity index (χ3n) is 4.13. The average Bonchev–Trinajstić information content (AvgIpc) is 2.62. The van der Waals surface area contributed by atoms with Gasteiger partial charge in [0.05, 0.1) is 10.0 Å². The molecule has 28 heavy (non-hydrogen) atoms. The topological polar surface area (TPSA) is 141 Å². The zero-order valence-electron chi connectivity index (χ0n) is 14.9. The molecule has 0 aliphatic rings. The Morgan fingerprint density at radius 3 is 2.04 bits per heavy atom. The van der Waals surface area contributed by atoms with Gasteiger partial charge < -0.3 is 25.2 Å². The molecular weight excluding hydrogens is 415 g/mol. The summed E-state index contributed by atoms with van der Waals surface area (Å²) in [5.41, 5.74) is -2.48. The Hall–Kier alpha value is -1.87. The lowest BCUT2D eigenvalue weighted by atomic mass is 9.97. The number of hydrogen-bond acceptors (Lipinski definition) is 5. The van der Waals surface area contributed by atoms with E-state index in [1.54, 1.807) is 6.07 Å². The highest BCUT2D eigenvalue weighted by atomic mass is 35.5. The molecule has 0 radical (unpaired) electrons. The second-order valence-corrected chi connectivity index (χ2v) is 7.05. The summed E-state index contributed by atoms with van der Waals surface area (Å²) in [4.78, 5) is 33.1. The highest BCUT2D eigenvalue weighted by Gasteiger charge is 2.56. The summed E-state index contributed by atoms with van der Waals surface area (Å²) in [5, 5.41) is 37.4. The first kappa shape index (κ1) is 24.2. The van der Waals surface area contributed by atoms with Gasteiger partial charge in [-0.3, -0.25) is 0 Å². The maximum atomic E-state index is 11.1. The van der Waals surface area contributed by atoms with E-state index in [4.69, 9.17) is 43.3 Å². The quantitative estimate of drug-likeness (QED) is 0.273. The predicted molar refractivity (Wildman–Crippen MR) is 101 cm³/mol. The molecule has 0 saturated carbocycles. The molecule has 0 aliphatic carbocycles. The summed E-state index contributed by atoms with van der Waals surface area (Å²) < 4.78 is 4.85. The van der Waals surface area contributed by atoms with E-state index in [1.165, 1.54) is 0 Å². The standard InChI is InChI=1S/C18H22Cl2O8/c19-12-8-7-11(10-13(12)20)6-4-2-1-3-5-9-28-14(15(21)22)18(27,16(23)24)17(25)26/h7-8,10,14,27H,1-6,9H2,(H,21,22)(H,23,24)(H,25,26). The molecule has 1 unspecified atom stereocenters. The number of carboxylic acids is 3. The summed E-state index contributed by atoms with van der Waals surface area (Å²) in [6.45, 7) is -0.188. The molecule has 8 nitrogen and oxygen atoms in total. The van der Waals surface area contributed by atoms with Crippen molar-refractivity contribution < 1.29 is 39.5 Å². The van der Waals surface area contributed by atoms with E-state index in [2.05, 4.69) is 0 Å². The molecule has 0 saturated heterocycles. The molecule has 0 spiro atoms. The van der Waals surface area contributed by atoms with Gasteiger partial charge in [-0.05, 0) is 37.0 Å². The van der Waals surface area contributed by atoms with Crippen LogP contribution in [-0.4, -0.2) is 56.6 Å². The van der Waals surface area contributed by atoms with E-state index in [1.807, 2.05) is 12.1 Å². The van der Waals surface area contributed by atoms with Crippen LogP contribution in [-0.2, 0) is 25.5 Å². The Morgan fingerprint density at radius 2 is 1.50 bits per heavy atom. The fourth-order valence-electron chi connectivity index (χ4n) is 2.54. The molecule has 0 aliphatic heterocycles. The van der Waals surface area contributed by atoms with Crippen LogP contribution in [0.5, 0.6) is 0 Å². The number of aryl methyl sites for hydroxylation is 1. The van der Waals surface area contributed by atoms with Gasteiger partial charge in [0.1, 0.15) is 0 Å². The van der Waals surface area contributed by atoms with Crippen molar-refractivity contribution in [2.75, 3.05) is 6.61 Å². The molecule has 0 fully saturated rings. The summed E-state index contributed by atoms with van der Waals surface area (Å²) in [5.74, 6) is -6.27. The van der Waals surface area contributed by atoms with Gasteiger partial charge in [-0.15, -0.1) is 0 Å². The van der Waals surface area contributed by atoms with Crippen molar-refractivity contribution in [3.05, 3.63) is 33.8 Å². The van der Waals surface area contributed by atoms with Crippen LogP contribution < -0.4 is 0 Å². The minimum absolute atomic E-state index is 0.188. The Labute approximate surface area is 171 Å². The van der Waals surface area contributed by atoms with Gasteiger partial charge in [0.2, 0.25) is 6.10 Å². The van der Waals surface area contributed by atoms with Crippen molar-refractivity contribution in [2.24, 2.45) is 0 Å². The number of unbranched alkanes of at least 4 members (excludes halogenated alkanes) is 4. The number of hydrogen-bond donors (Lipinski definition) is 4. The molecule has 1 atom stereocenters. The van der Waals surface area contributed by atoms with Crippen molar-refractivity contribution in [3.8, 4) is 0 Å². The Morgan fingerprint density at radius 1 is 0.929 bits per heavy atom. The lowest BCUT2D eigenvalue weighted by Gasteiger charge is -2.25. The number of benzene rings is 1. The molecule has 0 heterocycles. The van der Waals surface area contributed by atoms with Crippen LogP contribution in [0.25, 0.3) is 0 Å². The molecule has 0 aromatic heterocycles. The third kappa shape index (κ3) is 6.63. The van der Waals surface area contributed by atoms with Crippen LogP contribution in [0.3, 0.4) is 0 Å². The van der Waals surface area contributed by atoms with Crippen molar-refractivity contribution >= 4 is 41.1 Å². The molecular formula is C18H22Cl2O8. The van der Waals surface area contributed by atoms with E-state index in [-0.39, 0.29) is 6.61 Å². The van der Waals surface area contributed by atoms with Crippen LogP contribution >= 0.6 is 23.2 Å². The highest BCUT2D eigenvalue weighted by molar-refractivity contribution is 6.42. The maximum absolute atomic E-state index is 11.1. The van der Waals surface area contributed by atoms with Crippen molar-refractivity contribution in [3.63, 3.8) is 0 Å². The van der Waals surface area contributed by atoms with Crippen molar-refractivity contribution in [2.45, 2.75) is 50.2 Å². The van der Waals surface area contributed by atoms with E-state index in [9.17, 15) is 19.5 Å². The predicted octanol–water partition coefficient (Wildman–Crippen LogP) is 2.86. The first-order valence-corrected chi connectivity index (χ1v) is 9.33. The van der Waals surface area contributed by atoms with E-state index in [0.29, 0.717) is 22.9 Å². The zero-order valence-corrected chi connectivity index (χ0v) is 16.4. The fourth-order valence-corrected chi connectivity index (χ4v) is 2.86. The number of aliphatic carboxylic acids is 3. The first-order chi connectivity index (χ1) is 13.1. The van der Waals surface area contributed by atoms with Gasteiger partial charge in [0.25, 0.3) is 5.60 Å². The molecule has 1 aromatic rings. The van der Waals surface area contributed by atoms with Crippen LogP contribution in [0, 0.1) is 0 Å². The lowest BCUT2D eigenvalue weighted by molar-refractivity contribution is -0.201. The van der Waals surface area contributed by atoms with Crippen molar-refractivity contribution in [1.82, 2.24) is 0 Å². The number of halogens is 2. The number of carboxylic acid groups (broad SMARTS) is 3. The van der Waals surface area contributed by atoms with Gasteiger partial charge >= 0.3 is 17.9 Å². The molecule has 1 aromatic carbocycles. The largest absolute Gasteiger partial charge is 0.479 e. The summed E-state index contributed by atoms with van der Waals surface area (Å²) in [7, 11) is 0. The summed E-state index contributed by atoms with van der Waals surface area (Å²) in [6, 6.07) is 5.46. The molecule has 10 heteroatoms. The van der Waals surface area contributed by atoms with E-state index < -0.39 is 29.6 Å². The summed E-state index contributed by atoms with van der Waals surface area (Å²) in [6.07, 6.45) is 2.13. The number of carbonyl (C=O) groups is 3. The normalized spacial score (nSPS) is 12.5. The van der Waals surface area contributed by atoms with Crippen LogP contribution in [0.2, 0.25) is 10.0 Å². The van der Waals surface area contributed by atoms with Crippen LogP contribution in [0.1, 0.15) is 37.7 Å². The molecule has 0 amide bonds. The van der Waals surface area contributed by atoms with Gasteiger partial charge in [-0.25, -0.2) is 14.4 Å². The average molecular weight is 437 g/mol. The first-order valence-electron chi connectivity index (χ1n) is 8.58. The highest BCUT2D eigenvalue weighted by Crippen LogP contribution is 2.23. The number of ether oxygens (including phenoxy) is 1. The monoisotopic (exact) mass is 436 g/mol.